The minimum Gasteiger partial charge on any atom is -0.345 e. The minimum atomic E-state index is 0.308. The molecule has 0 radical (unpaired) electrons. The highest BCUT2D eigenvalue weighted by Gasteiger charge is 2.35. The van der Waals surface area contributed by atoms with Gasteiger partial charge in [0.25, 0.3) is 0 Å². The Bertz CT molecular complexity index is 847. The third kappa shape index (κ3) is 4.78. The van der Waals surface area contributed by atoms with Crippen LogP contribution in [-0.2, 0) is 0 Å². The van der Waals surface area contributed by atoms with Crippen LogP contribution in [-0.4, -0.2) is 22.6 Å². The van der Waals surface area contributed by atoms with Gasteiger partial charge >= 0.3 is 0 Å². The summed E-state index contributed by atoms with van der Waals surface area (Å²) in [7, 11) is 0. The number of thiocarbonyl (C=S) groups is 1. The molecule has 3 rings (SSSR count). The van der Waals surface area contributed by atoms with Crippen molar-refractivity contribution < 1.29 is 0 Å². The molecule has 1 N–H and O–H groups in total. The number of hydrogen-bond acceptors (Lipinski definition) is 2. The van der Waals surface area contributed by atoms with E-state index in [1.165, 1.54) is 17.2 Å². The Balaban J connectivity index is 1.84. The highest BCUT2D eigenvalue weighted by atomic mass is 32.1. The summed E-state index contributed by atoms with van der Waals surface area (Å²) in [6.45, 7) is 7.71. The number of nitriles is 1. The van der Waals surface area contributed by atoms with Crippen molar-refractivity contribution in [1.82, 2.24) is 4.90 Å². The van der Waals surface area contributed by atoms with E-state index in [1.807, 2.05) is 0 Å². The second-order valence-electron chi connectivity index (χ2n) is 8.63. The molecule has 3 nitrogen and oxygen atoms in total. The van der Waals surface area contributed by atoms with E-state index in [0.29, 0.717) is 30.3 Å². The van der Waals surface area contributed by atoms with Gasteiger partial charge in [-0.25, -0.2) is 0 Å². The van der Waals surface area contributed by atoms with Gasteiger partial charge in [-0.2, -0.15) is 5.26 Å². The summed E-state index contributed by atoms with van der Waals surface area (Å²) in [5.41, 5.74) is 1.34. The molecule has 2 aromatic carbocycles. The Morgan fingerprint density at radius 3 is 2.70 bits per heavy atom. The zero-order chi connectivity index (χ0) is 19.4. The second-order valence-corrected chi connectivity index (χ2v) is 9.01. The van der Waals surface area contributed by atoms with Gasteiger partial charge in [0.15, 0.2) is 5.11 Å². The van der Waals surface area contributed by atoms with Crippen molar-refractivity contribution in [3.05, 3.63) is 42.5 Å². The van der Waals surface area contributed by atoms with Crippen LogP contribution in [0.4, 0.5) is 5.69 Å². The fourth-order valence-electron chi connectivity index (χ4n) is 4.67. The first-order valence-corrected chi connectivity index (χ1v) is 10.2. The van der Waals surface area contributed by atoms with Crippen LogP contribution in [0.3, 0.4) is 0 Å². The van der Waals surface area contributed by atoms with E-state index in [0.717, 1.165) is 23.6 Å². The molecule has 2 aromatic rings. The molecule has 2 atom stereocenters. The molecule has 1 aliphatic carbocycles. The molecule has 0 amide bonds. The summed E-state index contributed by atoms with van der Waals surface area (Å²) < 4.78 is 0. The highest BCUT2D eigenvalue weighted by molar-refractivity contribution is 7.80. The maximum Gasteiger partial charge on any atom is 0.173 e. The number of benzene rings is 2. The van der Waals surface area contributed by atoms with Gasteiger partial charge in [0.05, 0.1) is 12.5 Å². The summed E-state index contributed by atoms with van der Waals surface area (Å²) in [5.74, 6) is 0.670. The predicted octanol–water partition coefficient (Wildman–Crippen LogP) is 5.97. The normalized spacial score (nSPS) is 21.4. The fourth-order valence-corrected chi connectivity index (χ4v) is 5.03. The van der Waals surface area contributed by atoms with Gasteiger partial charge in [-0.15, -0.1) is 0 Å². The van der Waals surface area contributed by atoms with E-state index in [9.17, 15) is 0 Å². The number of hydrogen-bond donors (Lipinski definition) is 1. The van der Waals surface area contributed by atoms with Crippen LogP contribution in [0.15, 0.2) is 42.5 Å². The molecular formula is C23H29N3S. The molecule has 0 spiro atoms. The molecule has 0 saturated heterocycles. The zero-order valence-electron chi connectivity index (χ0n) is 16.5. The summed E-state index contributed by atoms with van der Waals surface area (Å²) in [6, 6.07) is 17.2. The number of rotatable bonds is 4. The lowest BCUT2D eigenvalue weighted by molar-refractivity contribution is 0.108. The minimum absolute atomic E-state index is 0.308. The van der Waals surface area contributed by atoms with Gasteiger partial charge in [-0.1, -0.05) is 57.2 Å². The molecular weight excluding hydrogens is 350 g/mol. The monoisotopic (exact) mass is 379 g/mol. The number of nitrogens with one attached hydrogen (secondary N) is 1. The molecule has 0 aliphatic heterocycles. The number of fused-ring (bicyclic) bond motifs is 1. The van der Waals surface area contributed by atoms with Crippen LogP contribution in [0.25, 0.3) is 10.8 Å². The standard InChI is InChI=1S/C23H29N3S/c1-17-14-19(16-23(2,3)15-17)26(13-7-12-24)22(27)25-21-11-6-9-18-8-4-5-10-20(18)21/h4-6,8-11,17,19H,7,13-16H2,1-3H3,(H,25,27). The summed E-state index contributed by atoms with van der Waals surface area (Å²) >= 11 is 5.83. The van der Waals surface area contributed by atoms with Gasteiger partial charge in [0.2, 0.25) is 0 Å². The summed E-state index contributed by atoms with van der Waals surface area (Å²) in [4.78, 5) is 2.26. The molecule has 27 heavy (non-hydrogen) atoms. The maximum absolute atomic E-state index is 9.14. The van der Waals surface area contributed by atoms with Gasteiger partial charge in [-0.05, 0) is 54.3 Å². The molecule has 0 heterocycles. The number of anilines is 1. The SMILES string of the molecule is CC1CC(N(CCC#N)C(=S)Nc2cccc3ccccc23)CC(C)(C)C1. The molecule has 2 unspecified atom stereocenters. The molecule has 0 bridgehead atoms. The smallest absolute Gasteiger partial charge is 0.173 e. The highest BCUT2D eigenvalue weighted by Crippen LogP contribution is 2.40. The molecule has 1 saturated carbocycles. The zero-order valence-corrected chi connectivity index (χ0v) is 17.4. The van der Waals surface area contributed by atoms with Crippen LogP contribution >= 0.6 is 12.2 Å². The topological polar surface area (TPSA) is 39.1 Å². The molecule has 0 aromatic heterocycles. The lowest BCUT2D eigenvalue weighted by Gasteiger charge is -2.44. The lowest BCUT2D eigenvalue weighted by Crippen LogP contribution is -2.48. The summed E-state index contributed by atoms with van der Waals surface area (Å²) in [6.07, 6.45) is 3.98. The van der Waals surface area contributed by atoms with E-state index in [2.05, 4.69) is 79.5 Å². The number of nitrogens with zero attached hydrogens (tertiary/aromatic N) is 2. The Morgan fingerprint density at radius 1 is 1.22 bits per heavy atom. The Kier molecular flexibility index (Phi) is 6.01. The quantitative estimate of drug-likeness (QED) is 0.665. The van der Waals surface area contributed by atoms with Gasteiger partial charge in [0.1, 0.15) is 0 Å². The first kappa shape index (κ1) is 19.6. The Labute approximate surface area is 168 Å². The van der Waals surface area contributed by atoms with Crippen LogP contribution in [0.5, 0.6) is 0 Å². The Hall–Kier alpha value is -2.12. The molecule has 4 heteroatoms. The van der Waals surface area contributed by atoms with E-state index in [-0.39, 0.29) is 0 Å². The van der Waals surface area contributed by atoms with Crippen molar-refractivity contribution in [1.29, 1.82) is 5.26 Å². The van der Waals surface area contributed by atoms with Crippen LogP contribution in [0.1, 0.15) is 46.5 Å². The van der Waals surface area contributed by atoms with E-state index in [4.69, 9.17) is 17.5 Å². The predicted molar refractivity (Wildman–Crippen MR) is 118 cm³/mol. The van der Waals surface area contributed by atoms with E-state index in [1.54, 1.807) is 0 Å². The second kappa shape index (κ2) is 8.27. The summed E-state index contributed by atoms with van der Waals surface area (Å²) in [5, 5.41) is 15.7. The first-order chi connectivity index (χ1) is 12.9. The largest absolute Gasteiger partial charge is 0.345 e. The van der Waals surface area contributed by atoms with Crippen molar-refractivity contribution in [2.45, 2.75) is 52.5 Å². The van der Waals surface area contributed by atoms with Gasteiger partial charge in [-0.3, -0.25) is 0 Å². The first-order valence-electron chi connectivity index (χ1n) is 9.82. The molecule has 1 fully saturated rings. The Morgan fingerprint density at radius 2 is 1.96 bits per heavy atom. The average Bonchev–Trinajstić information content (AvgIpc) is 2.61. The van der Waals surface area contributed by atoms with E-state index >= 15 is 0 Å². The van der Waals surface area contributed by atoms with Crippen molar-refractivity contribution in [3.8, 4) is 6.07 Å². The average molecular weight is 380 g/mol. The van der Waals surface area contributed by atoms with Crippen LogP contribution in [0, 0.1) is 22.7 Å². The van der Waals surface area contributed by atoms with Crippen molar-refractivity contribution >= 4 is 33.8 Å². The van der Waals surface area contributed by atoms with Crippen molar-refractivity contribution in [3.63, 3.8) is 0 Å². The fraction of sp³-hybridized carbons (Fsp3) is 0.478. The van der Waals surface area contributed by atoms with Gasteiger partial charge in [0, 0.05) is 23.7 Å². The maximum atomic E-state index is 9.14. The lowest BCUT2D eigenvalue weighted by atomic mass is 9.70. The molecule has 1 aliphatic rings. The molecule has 142 valence electrons. The third-order valence-electron chi connectivity index (χ3n) is 5.56. The third-order valence-corrected chi connectivity index (χ3v) is 5.90. The van der Waals surface area contributed by atoms with Gasteiger partial charge < -0.3 is 10.2 Å². The van der Waals surface area contributed by atoms with E-state index < -0.39 is 0 Å². The van der Waals surface area contributed by atoms with Crippen molar-refractivity contribution in [2.24, 2.45) is 11.3 Å². The van der Waals surface area contributed by atoms with Crippen molar-refractivity contribution in [2.75, 3.05) is 11.9 Å². The van der Waals surface area contributed by atoms with Crippen LogP contribution < -0.4 is 5.32 Å². The van der Waals surface area contributed by atoms with Crippen LogP contribution in [0.2, 0.25) is 0 Å².